The van der Waals surface area contributed by atoms with E-state index < -0.39 is 0 Å². The van der Waals surface area contributed by atoms with E-state index in [1.165, 1.54) is 36.6 Å². The van der Waals surface area contributed by atoms with Crippen LogP contribution in [0.2, 0.25) is 0 Å². The van der Waals surface area contributed by atoms with E-state index in [9.17, 15) is 0 Å². The maximum absolute atomic E-state index is 4.32. The Morgan fingerprint density at radius 2 is 2.07 bits per heavy atom. The molecule has 1 heteroatoms. The van der Waals surface area contributed by atoms with Gasteiger partial charge >= 0.3 is 0 Å². The molecule has 0 aliphatic heterocycles. The number of aromatic nitrogens is 1. The molecule has 0 aliphatic rings. The van der Waals surface area contributed by atoms with Gasteiger partial charge in [0.1, 0.15) is 0 Å². The second kappa shape index (κ2) is 4.92. The number of unbranched alkanes of at least 4 members (excludes halogenated alkanes) is 2. The van der Waals surface area contributed by atoms with Crippen LogP contribution < -0.4 is 0 Å². The van der Waals surface area contributed by atoms with Gasteiger partial charge in [0.2, 0.25) is 0 Å². The monoisotopic (exact) mass is 199 g/mol. The van der Waals surface area contributed by atoms with Crippen LogP contribution in [0.3, 0.4) is 0 Å². The van der Waals surface area contributed by atoms with Crippen molar-refractivity contribution in [2.24, 2.45) is 0 Å². The highest BCUT2D eigenvalue weighted by Gasteiger charge is 1.96. The van der Waals surface area contributed by atoms with Gasteiger partial charge in [0, 0.05) is 11.6 Å². The molecule has 0 saturated heterocycles. The molecule has 0 saturated carbocycles. The van der Waals surface area contributed by atoms with Crippen molar-refractivity contribution < 1.29 is 0 Å². The number of aryl methyl sites for hydroxylation is 1. The van der Waals surface area contributed by atoms with Crippen molar-refractivity contribution in [3.63, 3.8) is 0 Å². The van der Waals surface area contributed by atoms with Gasteiger partial charge in [0.15, 0.2) is 0 Å². The molecule has 0 atom stereocenters. The number of nitrogens with zero attached hydrogens (tertiary/aromatic N) is 1. The molecule has 1 aromatic heterocycles. The van der Waals surface area contributed by atoms with Gasteiger partial charge in [0.05, 0.1) is 5.52 Å². The van der Waals surface area contributed by atoms with Crippen molar-refractivity contribution in [3.8, 4) is 0 Å². The van der Waals surface area contributed by atoms with E-state index in [1.807, 2.05) is 12.3 Å². The van der Waals surface area contributed by atoms with E-state index in [0.29, 0.717) is 0 Å². The Bertz CT molecular complexity index is 434. The highest BCUT2D eigenvalue weighted by molar-refractivity contribution is 5.78. The first-order valence-electron chi connectivity index (χ1n) is 5.74. The van der Waals surface area contributed by atoms with E-state index in [-0.39, 0.29) is 0 Å². The predicted molar refractivity (Wildman–Crippen MR) is 65.0 cm³/mol. The summed E-state index contributed by atoms with van der Waals surface area (Å²) < 4.78 is 0. The highest BCUT2D eigenvalue weighted by Crippen LogP contribution is 2.15. The second-order valence-corrected chi connectivity index (χ2v) is 3.99. The maximum atomic E-state index is 4.32. The molecule has 15 heavy (non-hydrogen) atoms. The standard InChI is InChI=1S/C14H17N/c1-2-3-4-6-12-8-9-14-13(11-12)7-5-10-15-14/h5,7-11H,2-4,6H2,1H3. The molecule has 0 spiro atoms. The van der Waals surface area contributed by atoms with Crippen molar-refractivity contribution in [2.45, 2.75) is 32.6 Å². The zero-order valence-electron chi connectivity index (χ0n) is 9.24. The van der Waals surface area contributed by atoms with E-state index in [4.69, 9.17) is 0 Å². The Hall–Kier alpha value is -1.37. The zero-order valence-corrected chi connectivity index (χ0v) is 9.24. The number of benzene rings is 1. The Morgan fingerprint density at radius 1 is 1.13 bits per heavy atom. The number of hydrogen-bond donors (Lipinski definition) is 0. The number of rotatable bonds is 4. The Balaban J connectivity index is 2.16. The molecule has 2 rings (SSSR count). The molecule has 0 bridgehead atoms. The van der Waals surface area contributed by atoms with Crippen molar-refractivity contribution in [3.05, 3.63) is 42.1 Å². The van der Waals surface area contributed by atoms with Crippen LogP contribution in [0.1, 0.15) is 31.7 Å². The average Bonchev–Trinajstić information content (AvgIpc) is 2.29. The summed E-state index contributed by atoms with van der Waals surface area (Å²) >= 11 is 0. The molecule has 1 nitrogen and oxygen atoms in total. The third-order valence-corrected chi connectivity index (χ3v) is 2.74. The van der Waals surface area contributed by atoms with Gasteiger partial charge in [-0.15, -0.1) is 0 Å². The minimum absolute atomic E-state index is 1.09. The fourth-order valence-corrected chi connectivity index (χ4v) is 1.86. The lowest BCUT2D eigenvalue weighted by Gasteiger charge is -2.02. The van der Waals surface area contributed by atoms with Crippen LogP contribution in [0, 0.1) is 0 Å². The maximum Gasteiger partial charge on any atom is 0.0702 e. The summed E-state index contributed by atoms with van der Waals surface area (Å²) in [6, 6.07) is 10.7. The highest BCUT2D eigenvalue weighted by atomic mass is 14.6. The SMILES string of the molecule is CCCCCc1ccc2ncccc2c1. The average molecular weight is 199 g/mol. The molecule has 0 amide bonds. The van der Waals surface area contributed by atoms with Gasteiger partial charge in [-0.2, -0.15) is 0 Å². The lowest BCUT2D eigenvalue weighted by Crippen LogP contribution is -1.86. The fraction of sp³-hybridized carbons (Fsp3) is 0.357. The quantitative estimate of drug-likeness (QED) is 0.679. The van der Waals surface area contributed by atoms with E-state index >= 15 is 0 Å². The van der Waals surface area contributed by atoms with Crippen LogP contribution in [0.4, 0.5) is 0 Å². The minimum atomic E-state index is 1.09. The smallest absolute Gasteiger partial charge is 0.0702 e. The van der Waals surface area contributed by atoms with Gasteiger partial charge in [-0.3, -0.25) is 4.98 Å². The lowest BCUT2D eigenvalue weighted by atomic mass is 10.0. The third-order valence-electron chi connectivity index (χ3n) is 2.74. The van der Waals surface area contributed by atoms with Crippen molar-refractivity contribution in [2.75, 3.05) is 0 Å². The Labute approximate surface area is 91.2 Å². The van der Waals surface area contributed by atoms with Crippen LogP contribution in [-0.2, 0) is 6.42 Å². The molecule has 0 N–H and O–H groups in total. The van der Waals surface area contributed by atoms with Crippen LogP contribution >= 0.6 is 0 Å². The van der Waals surface area contributed by atoms with Crippen LogP contribution in [0.5, 0.6) is 0 Å². The normalized spacial score (nSPS) is 10.7. The number of hydrogen-bond acceptors (Lipinski definition) is 1. The largest absolute Gasteiger partial charge is 0.256 e. The van der Waals surface area contributed by atoms with E-state index in [1.54, 1.807) is 0 Å². The third kappa shape index (κ3) is 2.56. The Kier molecular flexibility index (Phi) is 3.33. The lowest BCUT2D eigenvalue weighted by molar-refractivity contribution is 0.718. The molecular weight excluding hydrogens is 182 g/mol. The first kappa shape index (κ1) is 10.2. The van der Waals surface area contributed by atoms with Gasteiger partial charge < -0.3 is 0 Å². The van der Waals surface area contributed by atoms with Gasteiger partial charge in [-0.1, -0.05) is 31.9 Å². The molecule has 78 valence electrons. The zero-order chi connectivity index (χ0) is 10.5. The summed E-state index contributed by atoms with van der Waals surface area (Å²) in [4.78, 5) is 4.32. The first-order chi connectivity index (χ1) is 7.40. The molecule has 0 fully saturated rings. The Morgan fingerprint density at radius 3 is 2.93 bits per heavy atom. The fourth-order valence-electron chi connectivity index (χ4n) is 1.86. The molecule has 0 unspecified atom stereocenters. The van der Waals surface area contributed by atoms with Gasteiger partial charge in [0.25, 0.3) is 0 Å². The summed E-state index contributed by atoms with van der Waals surface area (Å²) in [7, 11) is 0. The van der Waals surface area contributed by atoms with E-state index in [0.717, 1.165) is 5.52 Å². The second-order valence-electron chi connectivity index (χ2n) is 3.99. The molecular formula is C14H17N. The molecule has 1 heterocycles. The van der Waals surface area contributed by atoms with Gasteiger partial charge in [-0.05, 0) is 36.6 Å². The minimum Gasteiger partial charge on any atom is -0.256 e. The molecule has 0 radical (unpaired) electrons. The number of fused-ring (bicyclic) bond motifs is 1. The summed E-state index contributed by atoms with van der Waals surface area (Å²) in [5.74, 6) is 0. The molecule has 2 aromatic rings. The summed E-state index contributed by atoms with van der Waals surface area (Å²) in [6.45, 7) is 2.24. The first-order valence-corrected chi connectivity index (χ1v) is 5.74. The summed E-state index contributed by atoms with van der Waals surface area (Å²) in [5.41, 5.74) is 2.53. The van der Waals surface area contributed by atoms with Crippen molar-refractivity contribution in [1.82, 2.24) is 4.98 Å². The predicted octanol–water partition coefficient (Wildman–Crippen LogP) is 3.97. The molecule has 0 aliphatic carbocycles. The van der Waals surface area contributed by atoms with Crippen LogP contribution in [0.15, 0.2) is 36.5 Å². The van der Waals surface area contributed by atoms with Crippen molar-refractivity contribution in [1.29, 1.82) is 0 Å². The van der Waals surface area contributed by atoms with E-state index in [2.05, 4.69) is 36.2 Å². The van der Waals surface area contributed by atoms with Crippen LogP contribution in [-0.4, -0.2) is 4.98 Å². The summed E-state index contributed by atoms with van der Waals surface area (Å²) in [6.07, 6.45) is 6.94. The van der Waals surface area contributed by atoms with Gasteiger partial charge in [-0.25, -0.2) is 0 Å². The molecule has 1 aromatic carbocycles. The summed E-state index contributed by atoms with van der Waals surface area (Å²) in [5, 5.41) is 1.26. The van der Waals surface area contributed by atoms with Crippen LogP contribution in [0.25, 0.3) is 10.9 Å². The van der Waals surface area contributed by atoms with Crippen molar-refractivity contribution >= 4 is 10.9 Å². The number of pyridine rings is 1. The topological polar surface area (TPSA) is 12.9 Å².